The second-order valence-corrected chi connectivity index (χ2v) is 4.88. The number of nitrogens with zero attached hydrogens (tertiary/aromatic N) is 1. The molecule has 0 fully saturated rings. The molecular weight excluding hydrogens is 254 g/mol. The molecular formula is C13H10ClNOS. The van der Waals surface area contributed by atoms with Crippen LogP contribution in [0.15, 0.2) is 18.2 Å². The highest BCUT2D eigenvalue weighted by Crippen LogP contribution is 2.15. The van der Waals surface area contributed by atoms with Gasteiger partial charge in [0.05, 0.1) is 10.6 Å². The molecule has 4 heteroatoms. The lowest BCUT2D eigenvalue weighted by molar-refractivity contribution is -0.109. The van der Waals surface area contributed by atoms with E-state index < -0.39 is 0 Å². The fraction of sp³-hybridized carbons (Fsp3) is 0.231. The summed E-state index contributed by atoms with van der Waals surface area (Å²) in [7, 11) is 0. The van der Waals surface area contributed by atoms with Crippen LogP contribution in [-0.2, 0) is 4.79 Å². The van der Waals surface area contributed by atoms with Gasteiger partial charge in [0.2, 0.25) is 0 Å². The van der Waals surface area contributed by atoms with Crippen LogP contribution in [0.4, 0.5) is 0 Å². The summed E-state index contributed by atoms with van der Waals surface area (Å²) in [6.07, 6.45) is 0.648. The molecule has 0 saturated carbocycles. The van der Waals surface area contributed by atoms with E-state index in [0.29, 0.717) is 22.8 Å². The molecule has 0 spiro atoms. The van der Waals surface area contributed by atoms with Crippen LogP contribution in [0.3, 0.4) is 0 Å². The van der Waals surface area contributed by atoms with Gasteiger partial charge in [-0.2, -0.15) is 5.26 Å². The van der Waals surface area contributed by atoms with E-state index in [1.54, 1.807) is 18.2 Å². The number of hydrogen-bond acceptors (Lipinski definition) is 3. The molecule has 0 saturated heterocycles. The summed E-state index contributed by atoms with van der Waals surface area (Å²) in [6, 6.07) is 7.10. The number of benzene rings is 1. The Hall–Kier alpha value is -1.42. The number of hydrogen-bond donors (Lipinski definition) is 0. The molecule has 0 N–H and O–H groups in total. The molecule has 1 aromatic carbocycles. The Balaban J connectivity index is 2.61. The Morgan fingerprint density at radius 3 is 2.94 bits per heavy atom. The lowest BCUT2D eigenvalue weighted by Gasteiger charge is -1.95. The summed E-state index contributed by atoms with van der Waals surface area (Å²) in [5, 5.41) is 9.33. The normalized spacial score (nSPS) is 9.00. The zero-order valence-electron chi connectivity index (χ0n) is 9.29. The van der Waals surface area contributed by atoms with Crippen molar-refractivity contribution in [1.82, 2.24) is 0 Å². The molecule has 17 heavy (non-hydrogen) atoms. The highest BCUT2D eigenvalue weighted by molar-refractivity contribution is 8.13. The summed E-state index contributed by atoms with van der Waals surface area (Å²) >= 11 is 7.07. The predicted octanol–water partition coefficient (Wildman–Crippen LogP) is 3.23. The topological polar surface area (TPSA) is 40.9 Å². The second kappa shape index (κ2) is 7.01. The lowest BCUT2D eigenvalue weighted by Crippen LogP contribution is -1.84. The molecule has 0 heterocycles. The van der Waals surface area contributed by atoms with Crippen molar-refractivity contribution in [2.45, 2.75) is 13.3 Å². The molecule has 0 aliphatic heterocycles. The van der Waals surface area contributed by atoms with Gasteiger partial charge in [-0.25, -0.2) is 0 Å². The van der Waals surface area contributed by atoms with E-state index in [0.717, 1.165) is 5.56 Å². The van der Waals surface area contributed by atoms with E-state index in [1.165, 1.54) is 18.7 Å². The zero-order chi connectivity index (χ0) is 12.7. The van der Waals surface area contributed by atoms with Crippen LogP contribution < -0.4 is 0 Å². The Kier molecular flexibility index (Phi) is 5.63. The molecule has 0 amide bonds. The monoisotopic (exact) mass is 263 g/mol. The highest BCUT2D eigenvalue weighted by atomic mass is 35.5. The molecule has 1 aromatic rings. The van der Waals surface area contributed by atoms with E-state index in [2.05, 4.69) is 11.8 Å². The average molecular weight is 264 g/mol. The number of thioether (sulfide) groups is 1. The third-order valence-corrected chi connectivity index (χ3v) is 3.00. The standard InChI is InChI=1S/C13H10ClNOS/c1-10(16)17-7-3-2-4-11-5-6-13(14)12(8-11)9-15/h5-6,8H,3,7H2,1H3. The third kappa shape index (κ3) is 4.95. The maximum Gasteiger partial charge on any atom is 0.185 e. The fourth-order valence-corrected chi connectivity index (χ4v) is 1.75. The van der Waals surface area contributed by atoms with Gasteiger partial charge in [0, 0.05) is 24.7 Å². The van der Waals surface area contributed by atoms with E-state index in [1.807, 2.05) is 6.07 Å². The van der Waals surface area contributed by atoms with Crippen LogP contribution in [-0.4, -0.2) is 10.9 Å². The minimum absolute atomic E-state index is 0.102. The fourth-order valence-electron chi connectivity index (χ4n) is 1.10. The number of halogens is 1. The Morgan fingerprint density at radius 2 is 2.29 bits per heavy atom. The summed E-state index contributed by atoms with van der Waals surface area (Å²) in [4.78, 5) is 10.7. The third-order valence-electron chi connectivity index (χ3n) is 1.85. The molecule has 0 aromatic heterocycles. The number of rotatable bonds is 2. The molecule has 1 rings (SSSR count). The van der Waals surface area contributed by atoms with Crippen LogP contribution in [0.1, 0.15) is 24.5 Å². The first kappa shape index (κ1) is 13.6. The van der Waals surface area contributed by atoms with Crippen molar-refractivity contribution < 1.29 is 4.79 Å². The minimum Gasteiger partial charge on any atom is -0.288 e. The zero-order valence-corrected chi connectivity index (χ0v) is 10.9. The van der Waals surface area contributed by atoms with Crippen molar-refractivity contribution in [3.05, 3.63) is 34.3 Å². The van der Waals surface area contributed by atoms with Gasteiger partial charge in [0.25, 0.3) is 0 Å². The molecule has 0 aliphatic rings. The van der Waals surface area contributed by atoms with Crippen LogP contribution in [0.25, 0.3) is 0 Å². The first-order valence-electron chi connectivity index (χ1n) is 4.95. The second-order valence-electron chi connectivity index (χ2n) is 3.20. The quantitative estimate of drug-likeness (QED) is 0.608. The summed E-state index contributed by atoms with van der Waals surface area (Å²) in [6.45, 7) is 1.54. The van der Waals surface area contributed by atoms with Gasteiger partial charge in [0.15, 0.2) is 5.12 Å². The van der Waals surface area contributed by atoms with E-state index in [-0.39, 0.29) is 5.12 Å². The molecule has 0 radical (unpaired) electrons. The SMILES string of the molecule is CC(=O)SCCC#Cc1ccc(Cl)c(C#N)c1. The molecule has 0 unspecified atom stereocenters. The van der Waals surface area contributed by atoms with Gasteiger partial charge < -0.3 is 0 Å². The Labute approximate surface area is 110 Å². The average Bonchev–Trinajstić information content (AvgIpc) is 2.30. The van der Waals surface area contributed by atoms with Crippen molar-refractivity contribution in [1.29, 1.82) is 5.26 Å². The number of carbonyl (C=O) groups is 1. The molecule has 86 valence electrons. The highest BCUT2D eigenvalue weighted by Gasteiger charge is 1.98. The van der Waals surface area contributed by atoms with E-state index >= 15 is 0 Å². The van der Waals surface area contributed by atoms with Gasteiger partial charge in [-0.05, 0) is 18.2 Å². The van der Waals surface area contributed by atoms with Crippen molar-refractivity contribution in [3.63, 3.8) is 0 Å². The number of carbonyl (C=O) groups excluding carboxylic acids is 1. The van der Waals surface area contributed by atoms with Crippen molar-refractivity contribution >= 4 is 28.5 Å². The molecule has 0 atom stereocenters. The van der Waals surface area contributed by atoms with Gasteiger partial charge in [-0.15, -0.1) is 0 Å². The van der Waals surface area contributed by atoms with Crippen LogP contribution >= 0.6 is 23.4 Å². The Morgan fingerprint density at radius 1 is 1.53 bits per heavy atom. The largest absolute Gasteiger partial charge is 0.288 e. The first-order chi connectivity index (χ1) is 8.13. The minimum atomic E-state index is 0.102. The summed E-state index contributed by atoms with van der Waals surface area (Å²) < 4.78 is 0. The van der Waals surface area contributed by atoms with Crippen LogP contribution in [0.2, 0.25) is 5.02 Å². The van der Waals surface area contributed by atoms with E-state index in [9.17, 15) is 4.79 Å². The molecule has 2 nitrogen and oxygen atoms in total. The molecule has 0 bridgehead atoms. The molecule has 0 aliphatic carbocycles. The van der Waals surface area contributed by atoms with Gasteiger partial charge in [-0.3, -0.25) is 4.79 Å². The van der Waals surface area contributed by atoms with Crippen LogP contribution in [0, 0.1) is 23.2 Å². The summed E-state index contributed by atoms with van der Waals surface area (Å²) in [5.41, 5.74) is 1.19. The smallest absolute Gasteiger partial charge is 0.185 e. The van der Waals surface area contributed by atoms with E-state index in [4.69, 9.17) is 16.9 Å². The predicted molar refractivity (Wildman–Crippen MR) is 70.8 cm³/mol. The number of nitriles is 1. The van der Waals surface area contributed by atoms with Gasteiger partial charge >= 0.3 is 0 Å². The van der Waals surface area contributed by atoms with Crippen LogP contribution in [0.5, 0.6) is 0 Å². The Bertz CT molecular complexity index is 522. The first-order valence-corrected chi connectivity index (χ1v) is 6.31. The maximum absolute atomic E-state index is 10.7. The van der Waals surface area contributed by atoms with Crippen molar-refractivity contribution in [3.8, 4) is 17.9 Å². The van der Waals surface area contributed by atoms with Gasteiger partial charge in [-0.1, -0.05) is 35.2 Å². The summed E-state index contributed by atoms with van der Waals surface area (Å²) in [5.74, 6) is 6.58. The maximum atomic E-state index is 10.7. The lowest BCUT2D eigenvalue weighted by atomic mass is 10.1. The van der Waals surface area contributed by atoms with Crippen molar-refractivity contribution in [2.75, 3.05) is 5.75 Å². The van der Waals surface area contributed by atoms with Crippen molar-refractivity contribution in [2.24, 2.45) is 0 Å². The van der Waals surface area contributed by atoms with Gasteiger partial charge in [0.1, 0.15) is 6.07 Å².